The molecule has 1 N–H and O–H groups in total. The Hall–Kier alpha value is -2.05. The summed E-state index contributed by atoms with van der Waals surface area (Å²) in [5.41, 5.74) is -0.845. The predicted octanol–water partition coefficient (Wildman–Crippen LogP) is 4.16. The summed E-state index contributed by atoms with van der Waals surface area (Å²) in [4.78, 5) is 24.0. The van der Waals surface area contributed by atoms with Crippen molar-refractivity contribution in [1.82, 2.24) is 0 Å². The van der Waals surface area contributed by atoms with E-state index in [2.05, 4.69) is 5.32 Å². The highest BCUT2D eigenvalue weighted by Crippen LogP contribution is 2.30. The number of carbonyl (C=O) groups excluding carboxylic acids is 2. The first kappa shape index (κ1) is 18.3. The minimum absolute atomic E-state index is 0.00962. The van der Waals surface area contributed by atoms with Crippen LogP contribution in [-0.4, -0.2) is 18.0 Å². The fourth-order valence-corrected chi connectivity index (χ4v) is 2.68. The van der Waals surface area contributed by atoms with Crippen LogP contribution in [0.2, 0.25) is 0 Å². The summed E-state index contributed by atoms with van der Waals surface area (Å²) in [6.45, 7) is 1.41. The van der Waals surface area contributed by atoms with Gasteiger partial charge >= 0.3 is 12.1 Å². The van der Waals surface area contributed by atoms with Crippen molar-refractivity contribution in [2.75, 3.05) is 5.32 Å². The van der Waals surface area contributed by atoms with Gasteiger partial charge in [-0.3, -0.25) is 9.59 Å². The van der Waals surface area contributed by atoms with Crippen LogP contribution in [0.25, 0.3) is 0 Å². The molecule has 4 nitrogen and oxygen atoms in total. The molecule has 1 saturated carbocycles. The topological polar surface area (TPSA) is 55.4 Å². The molecule has 2 rings (SSSR count). The molecule has 1 aliphatic rings. The molecule has 24 heavy (non-hydrogen) atoms. The van der Waals surface area contributed by atoms with Crippen LogP contribution in [0.1, 0.15) is 44.6 Å². The van der Waals surface area contributed by atoms with E-state index < -0.39 is 29.7 Å². The molecule has 1 aromatic carbocycles. The molecule has 132 valence electrons. The van der Waals surface area contributed by atoms with E-state index in [9.17, 15) is 22.8 Å². The van der Waals surface area contributed by atoms with Gasteiger partial charge in [0.15, 0.2) is 6.10 Å². The van der Waals surface area contributed by atoms with Crippen molar-refractivity contribution in [1.29, 1.82) is 0 Å². The molecule has 1 atom stereocenters. The molecule has 1 fully saturated rings. The largest absolute Gasteiger partial charge is 0.452 e. The number of anilines is 1. The van der Waals surface area contributed by atoms with E-state index in [4.69, 9.17) is 4.74 Å². The van der Waals surface area contributed by atoms with Crippen molar-refractivity contribution in [3.8, 4) is 0 Å². The Bertz CT molecular complexity index is 595. The number of esters is 1. The van der Waals surface area contributed by atoms with E-state index in [1.54, 1.807) is 0 Å². The first-order valence-electron chi connectivity index (χ1n) is 7.96. The summed E-state index contributed by atoms with van der Waals surface area (Å²) in [6, 6.07) is 4.32. The van der Waals surface area contributed by atoms with Gasteiger partial charge < -0.3 is 10.1 Å². The lowest BCUT2D eigenvalue weighted by atomic mass is 9.89. The van der Waals surface area contributed by atoms with Gasteiger partial charge in [0.1, 0.15) is 0 Å². The summed E-state index contributed by atoms with van der Waals surface area (Å²) < 4.78 is 43.1. The van der Waals surface area contributed by atoms with Crippen LogP contribution in [-0.2, 0) is 20.5 Å². The molecular weight excluding hydrogens is 323 g/mol. The van der Waals surface area contributed by atoms with Crippen molar-refractivity contribution >= 4 is 17.6 Å². The lowest BCUT2D eigenvalue weighted by Crippen LogP contribution is -2.33. The van der Waals surface area contributed by atoms with Gasteiger partial charge in [-0.2, -0.15) is 13.2 Å². The van der Waals surface area contributed by atoms with E-state index in [0.717, 1.165) is 44.2 Å². The minimum Gasteiger partial charge on any atom is -0.452 e. The third-order valence-electron chi connectivity index (χ3n) is 4.06. The third kappa shape index (κ3) is 4.97. The Morgan fingerprint density at radius 3 is 2.50 bits per heavy atom. The standard InChI is InChI=1S/C17H20F3NO3/c1-11(24-16(23)12-6-3-2-4-7-12)15(22)21-14-9-5-8-13(10-14)17(18,19)20/h5,8-12H,2-4,6-7H2,1H3,(H,21,22). The second-order valence-corrected chi connectivity index (χ2v) is 5.98. The van der Waals surface area contributed by atoms with E-state index in [0.29, 0.717) is 0 Å². The van der Waals surface area contributed by atoms with Crippen molar-refractivity contribution < 1.29 is 27.5 Å². The van der Waals surface area contributed by atoms with Crippen molar-refractivity contribution in [3.05, 3.63) is 29.8 Å². The zero-order valence-corrected chi connectivity index (χ0v) is 13.4. The monoisotopic (exact) mass is 343 g/mol. The summed E-state index contributed by atoms with van der Waals surface area (Å²) in [5, 5.41) is 2.35. The van der Waals surface area contributed by atoms with E-state index >= 15 is 0 Å². The maximum absolute atomic E-state index is 12.7. The van der Waals surface area contributed by atoms with Gasteiger partial charge in [0, 0.05) is 5.69 Å². The van der Waals surface area contributed by atoms with Gasteiger partial charge in [-0.1, -0.05) is 25.3 Å². The maximum atomic E-state index is 12.7. The molecule has 0 spiro atoms. The first-order chi connectivity index (χ1) is 11.3. The van der Waals surface area contributed by atoms with Gasteiger partial charge in [0.05, 0.1) is 11.5 Å². The SMILES string of the molecule is CC(OC(=O)C1CCCCC1)C(=O)Nc1cccc(C(F)(F)F)c1. The molecule has 1 aliphatic carbocycles. The maximum Gasteiger partial charge on any atom is 0.416 e. The van der Waals surface area contributed by atoms with Gasteiger partial charge in [-0.25, -0.2) is 0 Å². The normalized spacial score (nSPS) is 17.2. The number of benzene rings is 1. The average molecular weight is 343 g/mol. The fourth-order valence-electron chi connectivity index (χ4n) is 2.68. The quantitative estimate of drug-likeness (QED) is 0.836. The zero-order chi connectivity index (χ0) is 17.7. The number of halogens is 3. The Morgan fingerprint density at radius 2 is 1.88 bits per heavy atom. The number of hydrogen-bond donors (Lipinski definition) is 1. The molecule has 0 heterocycles. The highest BCUT2D eigenvalue weighted by atomic mass is 19.4. The van der Waals surface area contributed by atoms with Gasteiger partial charge in [0.25, 0.3) is 5.91 Å². The second kappa shape index (κ2) is 7.68. The fraction of sp³-hybridized carbons (Fsp3) is 0.529. The van der Waals surface area contributed by atoms with E-state index in [1.165, 1.54) is 19.1 Å². The van der Waals surface area contributed by atoms with Crippen molar-refractivity contribution in [3.63, 3.8) is 0 Å². The average Bonchev–Trinajstić information content (AvgIpc) is 2.55. The second-order valence-electron chi connectivity index (χ2n) is 5.98. The number of ether oxygens (including phenoxy) is 1. The number of alkyl halides is 3. The summed E-state index contributed by atoms with van der Waals surface area (Å²) in [6.07, 6.45) is -1.03. The molecule has 1 aromatic rings. The van der Waals surface area contributed by atoms with Crippen LogP contribution in [0, 0.1) is 5.92 Å². The smallest absolute Gasteiger partial charge is 0.416 e. The molecule has 0 radical (unpaired) electrons. The number of nitrogens with one attached hydrogen (secondary N) is 1. The molecule has 0 bridgehead atoms. The Labute approximate surface area is 138 Å². The number of carbonyl (C=O) groups is 2. The number of hydrogen-bond acceptors (Lipinski definition) is 3. The lowest BCUT2D eigenvalue weighted by Gasteiger charge is -2.22. The molecule has 7 heteroatoms. The summed E-state index contributed by atoms with van der Waals surface area (Å²) >= 11 is 0. The molecule has 0 aliphatic heterocycles. The lowest BCUT2D eigenvalue weighted by molar-refractivity contribution is -0.158. The van der Waals surface area contributed by atoms with Crippen LogP contribution in [0.5, 0.6) is 0 Å². The molecule has 0 aromatic heterocycles. The van der Waals surface area contributed by atoms with Crippen LogP contribution < -0.4 is 5.32 Å². The van der Waals surface area contributed by atoms with Crippen molar-refractivity contribution in [2.45, 2.75) is 51.3 Å². The van der Waals surface area contributed by atoms with Gasteiger partial charge in [0.2, 0.25) is 0 Å². The van der Waals surface area contributed by atoms with Crippen LogP contribution >= 0.6 is 0 Å². The highest BCUT2D eigenvalue weighted by Gasteiger charge is 2.31. The summed E-state index contributed by atoms with van der Waals surface area (Å²) in [7, 11) is 0. The number of amides is 1. The summed E-state index contributed by atoms with van der Waals surface area (Å²) in [5.74, 6) is -1.26. The van der Waals surface area contributed by atoms with E-state index in [-0.39, 0.29) is 11.6 Å². The first-order valence-corrected chi connectivity index (χ1v) is 7.96. The molecule has 1 unspecified atom stereocenters. The minimum atomic E-state index is -4.49. The number of rotatable bonds is 4. The van der Waals surface area contributed by atoms with Gasteiger partial charge in [-0.15, -0.1) is 0 Å². The highest BCUT2D eigenvalue weighted by molar-refractivity contribution is 5.95. The van der Waals surface area contributed by atoms with Crippen molar-refractivity contribution in [2.24, 2.45) is 5.92 Å². The van der Waals surface area contributed by atoms with Crippen LogP contribution in [0.4, 0.5) is 18.9 Å². The predicted molar refractivity (Wildman–Crippen MR) is 82.2 cm³/mol. The van der Waals surface area contributed by atoms with E-state index in [1.807, 2.05) is 0 Å². The Balaban J connectivity index is 1.92. The third-order valence-corrected chi connectivity index (χ3v) is 4.06. The Morgan fingerprint density at radius 1 is 1.21 bits per heavy atom. The van der Waals surface area contributed by atoms with Crippen LogP contribution in [0.15, 0.2) is 24.3 Å². The molecular formula is C17H20F3NO3. The molecule has 1 amide bonds. The Kier molecular flexibility index (Phi) is 5.85. The zero-order valence-electron chi connectivity index (χ0n) is 13.4. The van der Waals surface area contributed by atoms with Gasteiger partial charge in [-0.05, 0) is 38.0 Å². The molecule has 0 saturated heterocycles. The van der Waals surface area contributed by atoms with Crippen LogP contribution in [0.3, 0.4) is 0 Å².